The van der Waals surface area contributed by atoms with Crippen molar-refractivity contribution in [3.63, 3.8) is 0 Å². The lowest BCUT2D eigenvalue weighted by atomic mass is 10.1. The maximum absolute atomic E-state index is 5.64. The van der Waals surface area contributed by atoms with Crippen LogP contribution in [0.4, 0.5) is 0 Å². The van der Waals surface area contributed by atoms with Crippen molar-refractivity contribution in [1.82, 2.24) is 0 Å². The van der Waals surface area contributed by atoms with E-state index >= 15 is 0 Å². The Morgan fingerprint density at radius 2 is 1.95 bits per heavy atom. The number of ether oxygens (including phenoxy) is 2. The van der Waals surface area contributed by atoms with Crippen LogP contribution >= 0.6 is 11.6 Å². The normalized spacial score (nSPS) is 10.8. The van der Waals surface area contributed by atoms with Crippen LogP contribution in [-0.2, 0) is 4.74 Å². The molecule has 0 radical (unpaired) electrons. The summed E-state index contributed by atoms with van der Waals surface area (Å²) in [5.41, 5.74) is 1.95. The molecule has 0 aliphatic heterocycles. The summed E-state index contributed by atoms with van der Waals surface area (Å²) in [6, 6.07) is 5.85. The molecule has 1 aromatic rings. The second kappa shape index (κ2) is 7.43. The molecule has 19 heavy (non-hydrogen) atoms. The summed E-state index contributed by atoms with van der Waals surface area (Å²) >= 11 is 5.54. The maximum Gasteiger partial charge on any atom is 0.119 e. The largest absolute Gasteiger partial charge is 0.491 e. The van der Waals surface area contributed by atoms with E-state index in [9.17, 15) is 0 Å². The molecule has 0 unspecified atom stereocenters. The fourth-order valence-electron chi connectivity index (χ4n) is 1.50. The molecule has 0 atom stereocenters. The molecule has 1 aromatic carbocycles. The van der Waals surface area contributed by atoms with Crippen LogP contribution in [0.2, 0.25) is 0 Å². The molecular formula is C16H21ClO2. The zero-order valence-electron chi connectivity index (χ0n) is 12.0. The molecule has 0 amide bonds. The lowest BCUT2D eigenvalue weighted by molar-refractivity contribution is -0.0163. The summed E-state index contributed by atoms with van der Waals surface area (Å²) in [6.45, 7) is 9.22. The topological polar surface area (TPSA) is 18.5 Å². The third-order valence-electron chi connectivity index (χ3n) is 2.37. The Hall–Kier alpha value is -1.17. The smallest absolute Gasteiger partial charge is 0.119 e. The van der Waals surface area contributed by atoms with Crippen molar-refractivity contribution >= 4 is 11.6 Å². The Morgan fingerprint density at radius 3 is 2.53 bits per heavy atom. The lowest BCUT2D eigenvalue weighted by Gasteiger charge is -2.19. The first kappa shape index (κ1) is 15.9. The van der Waals surface area contributed by atoms with Crippen LogP contribution in [0.5, 0.6) is 5.75 Å². The van der Waals surface area contributed by atoms with E-state index in [-0.39, 0.29) is 5.60 Å². The van der Waals surface area contributed by atoms with E-state index in [0.717, 1.165) is 16.9 Å². The van der Waals surface area contributed by atoms with Crippen molar-refractivity contribution in [3.8, 4) is 17.6 Å². The molecule has 0 saturated heterocycles. The molecule has 0 saturated carbocycles. The number of benzene rings is 1. The molecule has 3 heteroatoms. The minimum absolute atomic E-state index is 0.125. The van der Waals surface area contributed by atoms with Crippen molar-refractivity contribution in [2.75, 3.05) is 19.1 Å². The molecule has 104 valence electrons. The van der Waals surface area contributed by atoms with Crippen LogP contribution in [0, 0.1) is 18.8 Å². The molecule has 0 aromatic heterocycles. The molecule has 1 rings (SSSR count). The van der Waals surface area contributed by atoms with E-state index in [0.29, 0.717) is 19.1 Å². The first-order valence-electron chi connectivity index (χ1n) is 6.34. The molecule has 2 nitrogen and oxygen atoms in total. The Kier molecular flexibility index (Phi) is 6.21. The Labute approximate surface area is 121 Å². The van der Waals surface area contributed by atoms with Crippen LogP contribution in [0.25, 0.3) is 0 Å². The summed E-state index contributed by atoms with van der Waals surface area (Å²) in [5.74, 6) is 7.05. The fourth-order valence-corrected chi connectivity index (χ4v) is 1.57. The quantitative estimate of drug-likeness (QED) is 0.475. The summed E-state index contributed by atoms with van der Waals surface area (Å²) in [6.07, 6.45) is 0. The highest BCUT2D eigenvalue weighted by Gasteiger charge is 2.09. The van der Waals surface area contributed by atoms with Gasteiger partial charge in [0.15, 0.2) is 0 Å². The van der Waals surface area contributed by atoms with Gasteiger partial charge in [0.25, 0.3) is 0 Å². The molecule has 0 aliphatic carbocycles. The predicted molar refractivity (Wildman–Crippen MR) is 80.0 cm³/mol. The van der Waals surface area contributed by atoms with Crippen molar-refractivity contribution in [2.45, 2.75) is 33.3 Å². The summed E-state index contributed by atoms with van der Waals surface area (Å²) in [7, 11) is 0. The van der Waals surface area contributed by atoms with Gasteiger partial charge in [-0.05, 0) is 51.5 Å². The van der Waals surface area contributed by atoms with E-state index < -0.39 is 0 Å². The van der Waals surface area contributed by atoms with E-state index in [1.807, 2.05) is 45.9 Å². The van der Waals surface area contributed by atoms with Crippen LogP contribution in [0.15, 0.2) is 18.2 Å². The number of alkyl halides is 1. The van der Waals surface area contributed by atoms with Gasteiger partial charge in [-0.15, -0.1) is 11.6 Å². The SMILES string of the molecule is Cc1cc(OCCOC(C)(C)C)ccc1C#CCCl. The van der Waals surface area contributed by atoms with Gasteiger partial charge in [0.1, 0.15) is 12.4 Å². The number of hydrogen-bond donors (Lipinski definition) is 0. The zero-order valence-corrected chi connectivity index (χ0v) is 12.8. The first-order chi connectivity index (χ1) is 8.92. The monoisotopic (exact) mass is 280 g/mol. The van der Waals surface area contributed by atoms with E-state index in [1.54, 1.807) is 0 Å². The van der Waals surface area contributed by atoms with Crippen LogP contribution in [0.3, 0.4) is 0 Å². The summed E-state index contributed by atoms with van der Waals surface area (Å²) in [4.78, 5) is 0. The molecule has 0 N–H and O–H groups in total. The zero-order chi connectivity index (χ0) is 14.3. The highest BCUT2D eigenvalue weighted by Crippen LogP contribution is 2.17. The minimum atomic E-state index is -0.125. The minimum Gasteiger partial charge on any atom is -0.491 e. The fraction of sp³-hybridized carbons (Fsp3) is 0.500. The van der Waals surface area contributed by atoms with Gasteiger partial charge in [0, 0.05) is 5.56 Å². The second-order valence-corrected chi connectivity index (χ2v) is 5.49. The Bertz CT molecular complexity index is 464. The second-order valence-electron chi connectivity index (χ2n) is 5.22. The van der Waals surface area contributed by atoms with Crippen molar-refractivity contribution in [2.24, 2.45) is 0 Å². The van der Waals surface area contributed by atoms with Gasteiger partial charge in [-0.1, -0.05) is 11.8 Å². The predicted octanol–water partition coefficient (Wildman–Crippen LogP) is 3.78. The average molecular weight is 281 g/mol. The summed E-state index contributed by atoms with van der Waals surface area (Å²) in [5, 5.41) is 0. The number of rotatable bonds is 4. The maximum atomic E-state index is 5.64. The number of hydrogen-bond acceptors (Lipinski definition) is 2. The van der Waals surface area contributed by atoms with Gasteiger partial charge in [-0.2, -0.15) is 0 Å². The van der Waals surface area contributed by atoms with E-state index in [1.165, 1.54) is 0 Å². The van der Waals surface area contributed by atoms with Gasteiger partial charge in [-0.25, -0.2) is 0 Å². The Balaban J connectivity index is 2.50. The van der Waals surface area contributed by atoms with Gasteiger partial charge in [0.05, 0.1) is 18.1 Å². The molecule has 0 heterocycles. The van der Waals surface area contributed by atoms with Gasteiger partial charge >= 0.3 is 0 Å². The number of halogens is 1. The van der Waals surface area contributed by atoms with E-state index in [2.05, 4.69) is 11.8 Å². The lowest BCUT2D eigenvalue weighted by Crippen LogP contribution is -2.22. The van der Waals surface area contributed by atoms with Gasteiger partial charge in [-0.3, -0.25) is 0 Å². The van der Waals surface area contributed by atoms with Crippen LogP contribution in [0.1, 0.15) is 31.9 Å². The molecule has 0 fully saturated rings. The third-order valence-corrected chi connectivity index (χ3v) is 2.51. The Morgan fingerprint density at radius 1 is 1.21 bits per heavy atom. The molecule has 0 spiro atoms. The van der Waals surface area contributed by atoms with Crippen LogP contribution < -0.4 is 4.74 Å². The highest BCUT2D eigenvalue weighted by molar-refractivity contribution is 6.19. The highest BCUT2D eigenvalue weighted by atomic mass is 35.5. The van der Waals surface area contributed by atoms with Gasteiger partial charge < -0.3 is 9.47 Å². The standard InChI is InChI=1S/C16H21ClO2/c1-13-12-15(8-7-14(13)6-5-9-17)18-10-11-19-16(2,3)4/h7-8,12H,9-11H2,1-4H3. The van der Waals surface area contributed by atoms with Crippen molar-refractivity contribution in [3.05, 3.63) is 29.3 Å². The summed E-state index contributed by atoms with van der Waals surface area (Å²) < 4.78 is 11.2. The van der Waals surface area contributed by atoms with Crippen molar-refractivity contribution < 1.29 is 9.47 Å². The van der Waals surface area contributed by atoms with Crippen LogP contribution in [-0.4, -0.2) is 24.7 Å². The first-order valence-corrected chi connectivity index (χ1v) is 6.88. The van der Waals surface area contributed by atoms with E-state index in [4.69, 9.17) is 21.1 Å². The molecule has 0 bridgehead atoms. The molecular weight excluding hydrogens is 260 g/mol. The van der Waals surface area contributed by atoms with Gasteiger partial charge in [0.2, 0.25) is 0 Å². The number of aryl methyl sites for hydroxylation is 1. The average Bonchev–Trinajstić information content (AvgIpc) is 2.32. The van der Waals surface area contributed by atoms with Crippen molar-refractivity contribution in [1.29, 1.82) is 0 Å². The third kappa shape index (κ3) is 6.52. The molecule has 0 aliphatic rings.